The van der Waals surface area contributed by atoms with E-state index in [1.165, 1.54) is 28.6 Å². The van der Waals surface area contributed by atoms with Crippen LogP contribution in [0.1, 0.15) is 5.56 Å². The largest absolute Gasteiger partial charge is 0.325 e. The average molecular weight is 481 g/mol. The van der Waals surface area contributed by atoms with Crippen molar-refractivity contribution < 1.29 is 21.6 Å². The third kappa shape index (κ3) is 5.66. The van der Waals surface area contributed by atoms with Gasteiger partial charge in [-0.2, -0.15) is 4.31 Å². The van der Waals surface area contributed by atoms with Crippen LogP contribution in [0.15, 0.2) is 53.4 Å². The summed E-state index contributed by atoms with van der Waals surface area (Å²) in [5.74, 6) is -0.534. The van der Waals surface area contributed by atoms with E-state index in [1.807, 2.05) is 7.05 Å². The molecule has 11 heteroatoms. The number of rotatable bonds is 7. The number of carbonyl (C=O) groups is 1. The summed E-state index contributed by atoms with van der Waals surface area (Å²) in [7, 11) is -5.34. The molecule has 32 heavy (non-hydrogen) atoms. The van der Waals surface area contributed by atoms with Crippen molar-refractivity contribution in [1.29, 1.82) is 0 Å². The number of anilines is 2. The van der Waals surface area contributed by atoms with Crippen molar-refractivity contribution in [3.8, 4) is 0 Å². The summed E-state index contributed by atoms with van der Waals surface area (Å²) in [4.78, 5) is 14.8. The second kappa shape index (κ2) is 9.57. The zero-order valence-corrected chi connectivity index (χ0v) is 20.0. The van der Waals surface area contributed by atoms with Crippen LogP contribution in [0.3, 0.4) is 0 Å². The summed E-state index contributed by atoms with van der Waals surface area (Å²) in [5, 5.41) is 2.64. The van der Waals surface area contributed by atoms with Gasteiger partial charge < -0.3 is 10.2 Å². The lowest BCUT2D eigenvalue weighted by molar-refractivity contribution is -0.114. The first-order valence-corrected chi connectivity index (χ1v) is 13.4. The molecule has 0 radical (unpaired) electrons. The number of aryl methyl sites for hydroxylation is 1. The number of hydrogen-bond donors (Lipinski definition) is 1. The number of amides is 1. The maximum absolute atomic E-state index is 12.8. The normalized spacial score (nSPS) is 16.0. The minimum absolute atomic E-state index is 0.151. The van der Waals surface area contributed by atoms with E-state index in [-0.39, 0.29) is 4.90 Å². The van der Waals surface area contributed by atoms with E-state index in [0.29, 0.717) is 37.6 Å². The first-order chi connectivity index (χ1) is 15.0. The minimum Gasteiger partial charge on any atom is -0.325 e. The van der Waals surface area contributed by atoms with Crippen LogP contribution in [0.5, 0.6) is 0 Å². The molecule has 0 aromatic heterocycles. The zero-order chi connectivity index (χ0) is 23.5. The Kier molecular flexibility index (Phi) is 7.23. The van der Waals surface area contributed by atoms with E-state index >= 15 is 0 Å². The Morgan fingerprint density at radius 3 is 2.12 bits per heavy atom. The molecule has 1 heterocycles. The first-order valence-electron chi connectivity index (χ1n) is 10.1. The van der Waals surface area contributed by atoms with Crippen molar-refractivity contribution in [1.82, 2.24) is 9.21 Å². The van der Waals surface area contributed by atoms with Crippen molar-refractivity contribution in [3.63, 3.8) is 0 Å². The SMILES string of the molecule is Cc1ccccc1N(CC(=O)Nc1ccc(S(=O)(=O)N2CCN(C)CC2)cc1)S(C)(=O)=O. The van der Waals surface area contributed by atoms with Gasteiger partial charge in [0.2, 0.25) is 26.0 Å². The standard InChI is InChI=1S/C21H28N4O5S2/c1-17-6-4-5-7-20(17)25(31(3,27)28)16-21(26)22-18-8-10-19(11-9-18)32(29,30)24-14-12-23(2)13-15-24/h4-11H,12-16H2,1-3H3,(H,22,26). The molecule has 0 saturated carbocycles. The Hall–Kier alpha value is -2.47. The van der Waals surface area contributed by atoms with Crippen molar-refractivity contribution in [2.75, 3.05) is 55.6 Å². The lowest BCUT2D eigenvalue weighted by Crippen LogP contribution is -2.46. The van der Waals surface area contributed by atoms with E-state index in [1.54, 1.807) is 31.2 Å². The predicted octanol–water partition coefficient (Wildman–Crippen LogP) is 1.34. The molecule has 0 spiro atoms. The van der Waals surface area contributed by atoms with Gasteiger partial charge in [0.25, 0.3) is 0 Å². The number of nitrogens with one attached hydrogen (secondary N) is 1. The molecule has 1 saturated heterocycles. The maximum atomic E-state index is 12.8. The number of benzene rings is 2. The number of carbonyl (C=O) groups excluding carboxylic acids is 1. The molecule has 2 aromatic carbocycles. The molecule has 1 fully saturated rings. The second-order valence-corrected chi connectivity index (χ2v) is 11.7. The van der Waals surface area contributed by atoms with Crippen LogP contribution in [-0.2, 0) is 24.8 Å². The number of para-hydroxylation sites is 1. The molecular formula is C21H28N4O5S2. The molecule has 1 aliphatic rings. The van der Waals surface area contributed by atoms with E-state index < -0.39 is 32.5 Å². The summed E-state index contributed by atoms with van der Waals surface area (Å²) in [6, 6.07) is 12.8. The van der Waals surface area contributed by atoms with Gasteiger partial charge in [-0.15, -0.1) is 0 Å². The number of piperazine rings is 1. The van der Waals surface area contributed by atoms with Crippen molar-refractivity contribution in [3.05, 3.63) is 54.1 Å². The van der Waals surface area contributed by atoms with Crippen LogP contribution in [0, 0.1) is 6.92 Å². The fourth-order valence-corrected chi connectivity index (χ4v) is 5.78. The van der Waals surface area contributed by atoms with Crippen LogP contribution in [0.2, 0.25) is 0 Å². The molecule has 2 aromatic rings. The Morgan fingerprint density at radius 1 is 0.969 bits per heavy atom. The van der Waals surface area contributed by atoms with Gasteiger partial charge in [0.1, 0.15) is 6.54 Å². The van der Waals surface area contributed by atoms with Crippen LogP contribution < -0.4 is 9.62 Å². The van der Waals surface area contributed by atoms with Gasteiger partial charge in [-0.25, -0.2) is 16.8 Å². The van der Waals surface area contributed by atoms with E-state index in [4.69, 9.17) is 0 Å². The van der Waals surface area contributed by atoms with Gasteiger partial charge in [-0.05, 0) is 49.9 Å². The topological polar surface area (TPSA) is 107 Å². The van der Waals surface area contributed by atoms with Crippen LogP contribution in [-0.4, -0.2) is 78.0 Å². The highest BCUT2D eigenvalue weighted by molar-refractivity contribution is 7.92. The van der Waals surface area contributed by atoms with Gasteiger partial charge >= 0.3 is 0 Å². The summed E-state index contributed by atoms with van der Waals surface area (Å²) in [5.41, 5.74) is 1.54. The molecule has 0 unspecified atom stereocenters. The van der Waals surface area contributed by atoms with Gasteiger partial charge in [0.15, 0.2) is 0 Å². The van der Waals surface area contributed by atoms with Crippen LogP contribution in [0.25, 0.3) is 0 Å². The summed E-state index contributed by atoms with van der Waals surface area (Å²) in [6.45, 7) is 3.57. The Labute approximate surface area is 189 Å². The van der Waals surface area contributed by atoms with Crippen LogP contribution in [0.4, 0.5) is 11.4 Å². The van der Waals surface area contributed by atoms with E-state index in [0.717, 1.165) is 16.1 Å². The van der Waals surface area contributed by atoms with Crippen molar-refractivity contribution in [2.45, 2.75) is 11.8 Å². The molecule has 1 aliphatic heterocycles. The molecule has 0 atom stereocenters. The van der Waals surface area contributed by atoms with Gasteiger partial charge in [0, 0.05) is 31.9 Å². The molecular weight excluding hydrogens is 452 g/mol. The molecule has 1 N–H and O–H groups in total. The number of likely N-dealkylation sites (N-methyl/N-ethyl adjacent to an activating group) is 1. The fraction of sp³-hybridized carbons (Fsp3) is 0.381. The third-order valence-electron chi connectivity index (χ3n) is 5.31. The highest BCUT2D eigenvalue weighted by Gasteiger charge is 2.27. The Bertz CT molecular complexity index is 1170. The van der Waals surface area contributed by atoms with Gasteiger partial charge in [-0.3, -0.25) is 9.10 Å². The molecule has 3 rings (SSSR count). The van der Waals surface area contributed by atoms with Crippen LogP contribution >= 0.6 is 0 Å². The summed E-state index contributed by atoms with van der Waals surface area (Å²) >= 11 is 0. The Balaban J connectivity index is 1.71. The molecule has 0 bridgehead atoms. The van der Waals surface area contributed by atoms with Crippen molar-refractivity contribution >= 4 is 37.3 Å². The quantitative estimate of drug-likeness (QED) is 0.641. The van der Waals surface area contributed by atoms with Crippen molar-refractivity contribution in [2.24, 2.45) is 0 Å². The molecule has 9 nitrogen and oxygen atoms in total. The van der Waals surface area contributed by atoms with Gasteiger partial charge in [-0.1, -0.05) is 18.2 Å². The monoisotopic (exact) mass is 480 g/mol. The second-order valence-electron chi connectivity index (χ2n) is 7.84. The average Bonchev–Trinajstić information content (AvgIpc) is 2.73. The third-order valence-corrected chi connectivity index (χ3v) is 8.35. The van der Waals surface area contributed by atoms with E-state index in [9.17, 15) is 21.6 Å². The Morgan fingerprint density at radius 2 is 1.56 bits per heavy atom. The highest BCUT2D eigenvalue weighted by atomic mass is 32.2. The smallest absolute Gasteiger partial charge is 0.245 e. The first kappa shape index (κ1) is 24.2. The molecule has 174 valence electrons. The number of hydrogen-bond acceptors (Lipinski definition) is 6. The maximum Gasteiger partial charge on any atom is 0.245 e. The zero-order valence-electron chi connectivity index (χ0n) is 18.4. The highest BCUT2D eigenvalue weighted by Crippen LogP contribution is 2.23. The lowest BCUT2D eigenvalue weighted by atomic mass is 10.2. The molecule has 1 amide bonds. The summed E-state index contributed by atoms with van der Waals surface area (Å²) in [6.07, 6.45) is 1.05. The minimum atomic E-state index is -3.69. The number of nitrogens with zero attached hydrogens (tertiary/aromatic N) is 3. The predicted molar refractivity (Wildman–Crippen MR) is 125 cm³/mol. The van der Waals surface area contributed by atoms with E-state index in [2.05, 4.69) is 10.2 Å². The molecule has 0 aliphatic carbocycles. The van der Waals surface area contributed by atoms with Gasteiger partial charge in [0.05, 0.1) is 16.8 Å². The number of sulfonamides is 2. The fourth-order valence-electron chi connectivity index (χ4n) is 3.44. The summed E-state index contributed by atoms with van der Waals surface area (Å²) < 4.78 is 52.7. The lowest BCUT2D eigenvalue weighted by Gasteiger charge is -2.31.